The molecule has 0 aromatic heterocycles. The van der Waals surface area contributed by atoms with E-state index in [1.807, 2.05) is 18.2 Å². The molecule has 4 heteroatoms. The molecule has 2 rings (SSSR count). The number of halogens is 2. The summed E-state index contributed by atoms with van der Waals surface area (Å²) in [6, 6.07) is 10.3. The molecule has 0 saturated carbocycles. The maximum Gasteiger partial charge on any atom is 0.122 e. The molecular formula is C17H18Br2O2. The summed E-state index contributed by atoms with van der Waals surface area (Å²) in [4.78, 5) is 0.0910. The van der Waals surface area contributed by atoms with E-state index in [9.17, 15) is 0 Å². The first kappa shape index (κ1) is 16.4. The largest absolute Gasteiger partial charge is 0.497 e. The first-order valence-electron chi connectivity index (χ1n) is 6.60. The first-order chi connectivity index (χ1) is 9.96. The Balaban J connectivity index is 2.49. The van der Waals surface area contributed by atoms with Crippen LogP contribution < -0.4 is 9.47 Å². The molecule has 0 heterocycles. The van der Waals surface area contributed by atoms with Crippen LogP contribution >= 0.6 is 31.9 Å². The fourth-order valence-electron chi connectivity index (χ4n) is 2.23. The van der Waals surface area contributed by atoms with Crippen molar-refractivity contribution >= 4 is 31.9 Å². The van der Waals surface area contributed by atoms with Crippen molar-refractivity contribution in [3.63, 3.8) is 0 Å². The molecular weight excluding hydrogens is 396 g/mol. The van der Waals surface area contributed by atoms with Crippen molar-refractivity contribution in [2.45, 2.75) is 18.7 Å². The van der Waals surface area contributed by atoms with Gasteiger partial charge in [-0.2, -0.15) is 0 Å². The van der Waals surface area contributed by atoms with E-state index in [0.29, 0.717) is 0 Å². The Bertz CT molecular complexity index is 631. The topological polar surface area (TPSA) is 18.5 Å². The maximum atomic E-state index is 5.35. The molecule has 0 spiro atoms. The maximum absolute atomic E-state index is 5.35. The zero-order valence-corrected chi connectivity index (χ0v) is 15.7. The minimum Gasteiger partial charge on any atom is -0.497 e. The van der Waals surface area contributed by atoms with Crippen molar-refractivity contribution < 1.29 is 9.47 Å². The predicted molar refractivity (Wildman–Crippen MR) is 93.9 cm³/mol. The standard InChI is InChI=1S/C17H18Br2O2/c1-10-6-16(18)11(2)5-15(10)17(19)12-7-13(20-3)9-14(8-12)21-4/h5-9,17H,1-4H3. The summed E-state index contributed by atoms with van der Waals surface area (Å²) in [5, 5.41) is 0. The third-order valence-electron chi connectivity index (χ3n) is 3.49. The molecule has 2 aromatic rings. The minimum atomic E-state index is 0.0910. The van der Waals surface area contributed by atoms with E-state index in [2.05, 4.69) is 57.8 Å². The van der Waals surface area contributed by atoms with Crippen molar-refractivity contribution in [1.82, 2.24) is 0 Å². The molecule has 2 aromatic carbocycles. The molecule has 1 atom stereocenters. The van der Waals surface area contributed by atoms with Gasteiger partial charge in [0.05, 0.1) is 19.0 Å². The molecule has 2 nitrogen and oxygen atoms in total. The van der Waals surface area contributed by atoms with Crippen LogP contribution in [0.15, 0.2) is 34.8 Å². The third-order valence-corrected chi connectivity index (χ3v) is 5.36. The van der Waals surface area contributed by atoms with E-state index in [0.717, 1.165) is 21.5 Å². The fraction of sp³-hybridized carbons (Fsp3) is 0.294. The van der Waals surface area contributed by atoms with Gasteiger partial charge in [0.15, 0.2) is 0 Å². The number of hydrogen-bond acceptors (Lipinski definition) is 2. The minimum absolute atomic E-state index is 0.0910. The Morgan fingerprint density at radius 2 is 1.43 bits per heavy atom. The Morgan fingerprint density at radius 3 is 1.95 bits per heavy atom. The lowest BCUT2D eigenvalue weighted by Gasteiger charge is -2.17. The van der Waals surface area contributed by atoms with Crippen molar-refractivity contribution in [3.8, 4) is 11.5 Å². The summed E-state index contributed by atoms with van der Waals surface area (Å²) in [5.41, 5.74) is 4.80. The van der Waals surface area contributed by atoms with Gasteiger partial charge in [0.25, 0.3) is 0 Å². The lowest BCUT2D eigenvalue weighted by atomic mass is 9.98. The van der Waals surface area contributed by atoms with Gasteiger partial charge < -0.3 is 9.47 Å². The molecule has 0 saturated heterocycles. The highest BCUT2D eigenvalue weighted by Crippen LogP contribution is 2.38. The molecule has 112 valence electrons. The predicted octanol–water partition coefficient (Wildman–Crippen LogP) is 5.57. The van der Waals surface area contributed by atoms with Crippen LogP contribution in [0, 0.1) is 13.8 Å². The number of benzene rings is 2. The Morgan fingerprint density at radius 1 is 0.857 bits per heavy atom. The van der Waals surface area contributed by atoms with E-state index in [1.165, 1.54) is 16.7 Å². The monoisotopic (exact) mass is 412 g/mol. The number of ether oxygens (including phenoxy) is 2. The third kappa shape index (κ3) is 3.61. The van der Waals surface area contributed by atoms with Crippen molar-refractivity contribution in [1.29, 1.82) is 0 Å². The quantitative estimate of drug-likeness (QED) is 0.610. The SMILES string of the molecule is COc1cc(OC)cc(C(Br)c2cc(C)c(Br)cc2C)c1. The summed E-state index contributed by atoms with van der Waals surface area (Å²) in [6.45, 7) is 4.21. The molecule has 0 aliphatic carbocycles. The smallest absolute Gasteiger partial charge is 0.122 e. The van der Waals surface area contributed by atoms with Gasteiger partial charge in [-0.15, -0.1) is 0 Å². The van der Waals surface area contributed by atoms with Crippen LogP contribution in [-0.4, -0.2) is 14.2 Å². The molecule has 0 bridgehead atoms. The second-order valence-electron chi connectivity index (χ2n) is 4.97. The van der Waals surface area contributed by atoms with Gasteiger partial charge in [0, 0.05) is 10.5 Å². The summed E-state index contributed by atoms with van der Waals surface area (Å²) < 4.78 is 11.8. The zero-order chi connectivity index (χ0) is 15.6. The summed E-state index contributed by atoms with van der Waals surface area (Å²) in [7, 11) is 3.33. The molecule has 21 heavy (non-hydrogen) atoms. The van der Waals surface area contributed by atoms with Gasteiger partial charge in [0.2, 0.25) is 0 Å². The van der Waals surface area contributed by atoms with Crippen molar-refractivity contribution in [2.75, 3.05) is 14.2 Å². The number of hydrogen-bond donors (Lipinski definition) is 0. The summed E-state index contributed by atoms with van der Waals surface area (Å²) in [6.07, 6.45) is 0. The highest BCUT2D eigenvalue weighted by molar-refractivity contribution is 9.10. The van der Waals surface area contributed by atoms with E-state index in [4.69, 9.17) is 9.47 Å². The van der Waals surface area contributed by atoms with Crippen LogP contribution in [0.25, 0.3) is 0 Å². The van der Waals surface area contributed by atoms with Crippen LogP contribution in [0.1, 0.15) is 27.1 Å². The second kappa shape index (κ2) is 6.84. The van der Waals surface area contributed by atoms with Gasteiger partial charge in [-0.3, -0.25) is 0 Å². The van der Waals surface area contributed by atoms with Gasteiger partial charge in [0.1, 0.15) is 11.5 Å². The molecule has 0 aliphatic heterocycles. The molecule has 1 unspecified atom stereocenters. The Hall–Kier alpha value is -1.00. The Kier molecular flexibility index (Phi) is 5.33. The van der Waals surface area contributed by atoms with Gasteiger partial charge in [-0.1, -0.05) is 37.9 Å². The van der Waals surface area contributed by atoms with E-state index in [-0.39, 0.29) is 4.83 Å². The van der Waals surface area contributed by atoms with Gasteiger partial charge in [-0.25, -0.2) is 0 Å². The number of aryl methyl sites for hydroxylation is 2. The first-order valence-corrected chi connectivity index (χ1v) is 8.30. The number of rotatable bonds is 4. The normalized spacial score (nSPS) is 12.1. The Labute approximate surface area is 142 Å². The number of alkyl halides is 1. The van der Waals surface area contributed by atoms with Gasteiger partial charge >= 0.3 is 0 Å². The van der Waals surface area contributed by atoms with Crippen LogP contribution in [0.4, 0.5) is 0 Å². The fourth-order valence-corrected chi connectivity index (χ4v) is 3.45. The number of methoxy groups -OCH3 is 2. The van der Waals surface area contributed by atoms with Crippen LogP contribution in [0.5, 0.6) is 11.5 Å². The average Bonchev–Trinajstić information content (AvgIpc) is 2.49. The van der Waals surface area contributed by atoms with E-state index in [1.54, 1.807) is 14.2 Å². The van der Waals surface area contributed by atoms with Crippen LogP contribution in [0.2, 0.25) is 0 Å². The molecule has 0 N–H and O–H groups in total. The van der Waals surface area contributed by atoms with Crippen molar-refractivity contribution in [3.05, 3.63) is 57.1 Å². The van der Waals surface area contributed by atoms with Gasteiger partial charge in [-0.05, 0) is 54.3 Å². The lowest BCUT2D eigenvalue weighted by molar-refractivity contribution is 0.393. The summed E-state index contributed by atoms with van der Waals surface area (Å²) in [5.74, 6) is 1.58. The highest BCUT2D eigenvalue weighted by atomic mass is 79.9. The van der Waals surface area contributed by atoms with Crippen molar-refractivity contribution in [2.24, 2.45) is 0 Å². The lowest BCUT2D eigenvalue weighted by Crippen LogP contribution is -1.99. The van der Waals surface area contributed by atoms with Crippen LogP contribution in [-0.2, 0) is 0 Å². The second-order valence-corrected chi connectivity index (χ2v) is 6.74. The summed E-state index contributed by atoms with van der Waals surface area (Å²) >= 11 is 7.38. The molecule has 0 fully saturated rings. The average molecular weight is 414 g/mol. The van der Waals surface area contributed by atoms with E-state index < -0.39 is 0 Å². The molecule has 0 amide bonds. The highest BCUT2D eigenvalue weighted by Gasteiger charge is 2.16. The zero-order valence-electron chi connectivity index (χ0n) is 12.5. The molecule has 0 aliphatic rings. The molecule has 0 radical (unpaired) electrons. The van der Waals surface area contributed by atoms with Crippen LogP contribution in [0.3, 0.4) is 0 Å². The van der Waals surface area contributed by atoms with E-state index >= 15 is 0 Å².